The quantitative estimate of drug-likeness (QED) is 0.686. The zero-order valence-electron chi connectivity index (χ0n) is 12.5. The molecule has 0 unspecified atom stereocenters. The van der Waals surface area contributed by atoms with Gasteiger partial charge in [0.15, 0.2) is 6.10 Å². The molecule has 0 spiro atoms. The van der Waals surface area contributed by atoms with Gasteiger partial charge in [-0.25, -0.2) is 0 Å². The van der Waals surface area contributed by atoms with Gasteiger partial charge in [0.1, 0.15) is 0 Å². The average Bonchev–Trinajstić information content (AvgIpc) is 2.96. The second-order valence-corrected chi connectivity index (χ2v) is 5.67. The van der Waals surface area contributed by atoms with E-state index < -0.39 is 12.0 Å². The molecule has 0 fully saturated rings. The van der Waals surface area contributed by atoms with Gasteiger partial charge in [0.05, 0.1) is 5.52 Å². The lowest BCUT2D eigenvalue weighted by atomic mass is 10.1. The van der Waals surface area contributed by atoms with Gasteiger partial charge in [-0.15, -0.1) is 0 Å². The number of H-pyrrole nitrogens is 1. The maximum atomic E-state index is 12.2. The first-order valence-electron chi connectivity index (χ1n) is 7.30. The molecule has 0 aliphatic carbocycles. The molecule has 0 radical (unpaired) electrons. The van der Waals surface area contributed by atoms with Crippen LogP contribution < -0.4 is 5.32 Å². The van der Waals surface area contributed by atoms with E-state index in [4.69, 9.17) is 11.6 Å². The molecule has 0 aliphatic heterocycles. The largest absolute Gasteiger partial charge is 0.378 e. The summed E-state index contributed by atoms with van der Waals surface area (Å²) < 4.78 is 0. The molecule has 1 amide bonds. The van der Waals surface area contributed by atoms with Gasteiger partial charge in [0, 0.05) is 21.8 Å². The van der Waals surface area contributed by atoms with E-state index in [-0.39, 0.29) is 0 Å². The van der Waals surface area contributed by atoms with E-state index in [2.05, 4.69) is 15.5 Å². The number of aliphatic hydroxyl groups is 1. The van der Waals surface area contributed by atoms with E-state index in [0.717, 1.165) is 23.0 Å². The van der Waals surface area contributed by atoms with Crippen molar-refractivity contribution in [2.45, 2.75) is 19.4 Å². The summed E-state index contributed by atoms with van der Waals surface area (Å²) in [6.45, 7) is 2.03. The summed E-state index contributed by atoms with van der Waals surface area (Å²) in [6.07, 6.45) is -0.460. The smallest absolute Gasteiger partial charge is 0.257 e. The summed E-state index contributed by atoms with van der Waals surface area (Å²) in [7, 11) is 0. The summed E-state index contributed by atoms with van der Waals surface area (Å²) >= 11 is 5.89. The van der Waals surface area contributed by atoms with Crippen LogP contribution in [-0.4, -0.2) is 21.2 Å². The van der Waals surface area contributed by atoms with Crippen LogP contribution in [0.1, 0.15) is 24.3 Å². The fourth-order valence-corrected chi connectivity index (χ4v) is 2.65. The van der Waals surface area contributed by atoms with E-state index in [1.807, 2.05) is 19.1 Å². The van der Waals surface area contributed by atoms with Gasteiger partial charge in [-0.1, -0.05) is 30.7 Å². The zero-order valence-corrected chi connectivity index (χ0v) is 13.3. The zero-order chi connectivity index (χ0) is 16.4. The van der Waals surface area contributed by atoms with Gasteiger partial charge in [-0.3, -0.25) is 9.89 Å². The second kappa shape index (κ2) is 6.40. The van der Waals surface area contributed by atoms with Crippen LogP contribution >= 0.6 is 11.6 Å². The number of fused-ring (bicyclic) bond motifs is 1. The molecule has 23 heavy (non-hydrogen) atoms. The molecular formula is C17H16ClN3O2. The molecule has 3 aromatic rings. The molecule has 3 rings (SSSR count). The highest BCUT2D eigenvalue weighted by molar-refractivity contribution is 6.30. The summed E-state index contributed by atoms with van der Waals surface area (Å²) in [5.41, 5.74) is 2.91. The number of carbonyl (C=O) groups is 1. The van der Waals surface area contributed by atoms with Crippen molar-refractivity contribution < 1.29 is 9.90 Å². The Bertz CT molecular complexity index is 860. The molecule has 0 saturated carbocycles. The molecule has 5 nitrogen and oxygen atoms in total. The summed E-state index contributed by atoms with van der Waals surface area (Å²) in [6, 6.07) is 12.0. The highest BCUT2D eigenvalue weighted by Crippen LogP contribution is 2.23. The fourth-order valence-electron chi connectivity index (χ4n) is 2.45. The number of aliphatic hydroxyl groups excluding tert-OH is 1. The van der Waals surface area contributed by atoms with Gasteiger partial charge in [0.25, 0.3) is 5.91 Å². The Labute approximate surface area is 138 Å². The molecule has 6 heteroatoms. The Kier molecular flexibility index (Phi) is 4.32. The lowest BCUT2D eigenvalue weighted by Crippen LogP contribution is -2.20. The number of hydrogen-bond donors (Lipinski definition) is 3. The fraction of sp³-hybridized carbons (Fsp3) is 0.176. The normalized spacial score (nSPS) is 12.3. The highest BCUT2D eigenvalue weighted by atomic mass is 35.5. The lowest BCUT2D eigenvalue weighted by molar-refractivity contribution is -0.124. The Morgan fingerprint density at radius 2 is 2.17 bits per heavy atom. The van der Waals surface area contributed by atoms with Gasteiger partial charge >= 0.3 is 0 Å². The van der Waals surface area contributed by atoms with E-state index in [1.165, 1.54) is 0 Å². The van der Waals surface area contributed by atoms with Crippen molar-refractivity contribution in [1.82, 2.24) is 10.2 Å². The molecule has 3 N–H and O–H groups in total. The number of aromatic amines is 1. The Morgan fingerprint density at radius 1 is 1.35 bits per heavy atom. The van der Waals surface area contributed by atoms with Crippen molar-refractivity contribution in [3.63, 3.8) is 0 Å². The molecule has 2 aromatic carbocycles. The van der Waals surface area contributed by atoms with Crippen molar-refractivity contribution in [2.75, 3.05) is 5.32 Å². The standard InChI is InChI=1S/C17H16ClN3O2/c1-2-14-13-9-12(6-7-15(13)21-20-14)19-17(23)16(22)10-4-3-5-11(18)8-10/h3-9,16,22H,2H2,1H3,(H,19,23)(H,20,21)/t16-/m1/s1. The van der Waals surface area contributed by atoms with E-state index >= 15 is 0 Å². The number of nitrogens with zero attached hydrogens (tertiary/aromatic N) is 1. The Hall–Kier alpha value is -2.37. The van der Waals surface area contributed by atoms with Crippen molar-refractivity contribution >= 4 is 34.1 Å². The monoisotopic (exact) mass is 329 g/mol. The topological polar surface area (TPSA) is 78.0 Å². The highest BCUT2D eigenvalue weighted by Gasteiger charge is 2.18. The molecule has 0 aliphatic rings. The maximum absolute atomic E-state index is 12.2. The van der Waals surface area contributed by atoms with Crippen molar-refractivity contribution in [1.29, 1.82) is 0 Å². The third-order valence-electron chi connectivity index (χ3n) is 3.67. The number of anilines is 1. The maximum Gasteiger partial charge on any atom is 0.257 e. The van der Waals surface area contributed by atoms with Crippen LogP contribution in [0.5, 0.6) is 0 Å². The van der Waals surface area contributed by atoms with E-state index in [9.17, 15) is 9.90 Å². The minimum atomic E-state index is -1.28. The predicted octanol–water partition coefficient (Wildman–Crippen LogP) is 3.45. The Morgan fingerprint density at radius 3 is 2.91 bits per heavy atom. The van der Waals surface area contributed by atoms with Crippen molar-refractivity contribution in [3.8, 4) is 0 Å². The number of hydrogen-bond acceptors (Lipinski definition) is 3. The number of amides is 1. The van der Waals surface area contributed by atoms with Crippen LogP contribution in [0.2, 0.25) is 5.02 Å². The molecule has 1 heterocycles. The number of rotatable bonds is 4. The predicted molar refractivity (Wildman–Crippen MR) is 90.5 cm³/mol. The number of nitrogens with one attached hydrogen (secondary N) is 2. The number of aryl methyl sites for hydroxylation is 1. The summed E-state index contributed by atoms with van der Waals surface area (Å²) in [5, 5.41) is 21.5. The van der Waals surface area contributed by atoms with Gasteiger partial charge in [-0.05, 0) is 42.3 Å². The third-order valence-corrected chi connectivity index (χ3v) is 3.90. The van der Waals surface area contributed by atoms with Gasteiger partial charge < -0.3 is 10.4 Å². The van der Waals surface area contributed by atoms with Gasteiger partial charge in [-0.2, -0.15) is 5.10 Å². The minimum Gasteiger partial charge on any atom is -0.378 e. The molecular weight excluding hydrogens is 314 g/mol. The molecule has 1 atom stereocenters. The minimum absolute atomic E-state index is 0.452. The second-order valence-electron chi connectivity index (χ2n) is 5.23. The van der Waals surface area contributed by atoms with Crippen LogP contribution in [0.25, 0.3) is 10.9 Å². The molecule has 1 aromatic heterocycles. The molecule has 0 saturated heterocycles. The average molecular weight is 330 g/mol. The Balaban J connectivity index is 1.82. The third kappa shape index (κ3) is 3.21. The summed E-state index contributed by atoms with van der Waals surface area (Å²) in [5.74, 6) is -0.506. The first kappa shape index (κ1) is 15.5. The van der Waals surface area contributed by atoms with Crippen LogP contribution in [0.15, 0.2) is 42.5 Å². The van der Waals surface area contributed by atoms with Crippen LogP contribution in [0.3, 0.4) is 0 Å². The van der Waals surface area contributed by atoms with E-state index in [0.29, 0.717) is 16.3 Å². The number of halogens is 1. The van der Waals surface area contributed by atoms with Crippen LogP contribution in [0, 0.1) is 0 Å². The van der Waals surface area contributed by atoms with E-state index in [1.54, 1.807) is 30.3 Å². The SMILES string of the molecule is CCc1[nH]nc2ccc(NC(=O)[C@H](O)c3cccc(Cl)c3)cc12. The van der Waals surface area contributed by atoms with Gasteiger partial charge in [0.2, 0.25) is 0 Å². The van der Waals surface area contributed by atoms with Crippen molar-refractivity contribution in [3.05, 3.63) is 58.7 Å². The lowest BCUT2D eigenvalue weighted by Gasteiger charge is -2.12. The summed E-state index contributed by atoms with van der Waals surface area (Å²) in [4.78, 5) is 12.2. The first-order valence-corrected chi connectivity index (χ1v) is 7.67. The first-order chi connectivity index (χ1) is 11.1. The number of carbonyl (C=O) groups excluding carboxylic acids is 1. The molecule has 0 bridgehead atoms. The number of aromatic nitrogens is 2. The number of benzene rings is 2. The molecule has 118 valence electrons. The van der Waals surface area contributed by atoms with Crippen LogP contribution in [-0.2, 0) is 11.2 Å². The van der Waals surface area contributed by atoms with Crippen LogP contribution in [0.4, 0.5) is 5.69 Å². The van der Waals surface area contributed by atoms with Crippen molar-refractivity contribution in [2.24, 2.45) is 0 Å².